The van der Waals surface area contributed by atoms with Crippen LogP contribution in [0.3, 0.4) is 0 Å². The van der Waals surface area contributed by atoms with Gasteiger partial charge in [-0.25, -0.2) is 13.8 Å². The molecule has 0 atom stereocenters. The van der Waals surface area contributed by atoms with Gasteiger partial charge in [-0.3, -0.25) is 0 Å². The Kier molecular flexibility index (Phi) is 4.61. The molecule has 6 heteroatoms. The smallest absolute Gasteiger partial charge is 0.229 e. The number of anilines is 4. The Morgan fingerprint density at radius 3 is 2.40 bits per heavy atom. The quantitative estimate of drug-likeness (QED) is 0.688. The van der Waals surface area contributed by atoms with Crippen LogP contribution in [0.15, 0.2) is 42.5 Å². The zero-order valence-electron chi connectivity index (χ0n) is 14.2. The first-order chi connectivity index (χ1) is 11.9. The van der Waals surface area contributed by atoms with Crippen LogP contribution in [0.5, 0.6) is 0 Å². The Bertz CT molecular complexity index is 925. The molecule has 4 nitrogen and oxygen atoms in total. The van der Waals surface area contributed by atoms with E-state index in [0.29, 0.717) is 11.5 Å². The Morgan fingerprint density at radius 1 is 0.840 bits per heavy atom. The maximum atomic E-state index is 13.8. The molecule has 2 aromatic carbocycles. The molecule has 1 aromatic heterocycles. The van der Waals surface area contributed by atoms with Crippen LogP contribution in [-0.2, 0) is 0 Å². The van der Waals surface area contributed by atoms with Gasteiger partial charge in [0, 0.05) is 23.5 Å². The van der Waals surface area contributed by atoms with Gasteiger partial charge in [0.2, 0.25) is 5.95 Å². The van der Waals surface area contributed by atoms with Crippen LogP contribution < -0.4 is 10.6 Å². The number of hydrogen-bond donors (Lipinski definition) is 2. The van der Waals surface area contributed by atoms with E-state index in [1.54, 1.807) is 6.07 Å². The van der Waals surface area contributed by atoms with Crippen molar-refractivity contribution in [2.24, 2.45) is 0 Å². The maximum absolute atomic E-state index is 13.8. The number of halogens is 2. The molecule has 0 spiro atoms. The fraction of sp³-hybridized carbons (Fsp3) is 0.158. The molecule has 0 saturated heterocycles. The zero-order chi connectivity index (χ0) is 18.0. The molecule has 0 aliphatic carbocycles. The lowest BCUT2D eigenvalue weighted by atomic mass is 10.1. The molecule has 0 aliphatic rings. The summed E-state index contributed by atoms with van der Waals surface area (Å²) in [5.41, 5.74) is 4.06. The molecule has 0 fully saturated rings. The molecule has 0 amide bonds. The lowest BCUT2D eigenvalue weighted by molar-refractivity contribution is 0.586. The second kappa shape index (κ2) is 6.84. The minimum absolute atomic E-state index is 0.115. The SMILES string of the molecule is Cc1cc(Nc2cccc(C)c2C)nc(Nc2ccc(F)cc2F)n1. The molecule has 25 heavy (non-hydrogen) atoms. The molecule has 0 radical (unpaired) electrons. The topological polar surface area (TPSA) is 49.8 Å². The number of hydrogen-bond acceptors (Lipinski definition) is 4. The molecule has 3 aromatic rings. The third-order valence-electron chi connectivity index (χ3n) is 3.90. The summed E-state index contributed by atoms with van der Waals surface area (Å²) >= 11 is 0. The van der Waals surface area contributed by atoms with Crippen LogP contribution in [-0.4, -0.2) is 9.97 Å². The number of aryl methyl sites for hydroxylation is 2. The third-order valence-corrected chi connectivity index (χ3v) is 3.90. The summed E-state index contributed by atoms with van der Waals surface area (Å²) in [6.07, 6.45) is 0. The fourth-order valence-electron chi connectivity index (χ4n) is 2.42. The Hall–Kier alpha value is -3.02. The molecule has 1 heterocycles. The van der Waals surface area contributed by atoms with Crippen molar-refractivity contribution in [3.05, 3.63) is 70.9 Å². The maximum Gasteiger partial charge on any atom is 0.229 e. The minimum atomic E-state index is -0.700. The first kappa shape index (κ1) is 16.8. The van der Waals surface area contributed by atoms with Crippen molar-refractivity contribution >= 4 is 23.1 Å². The predicted molar refractivity (Wildman–Crippen MR) is 95.6 cm³/mol. The Morgan fingerprint density at radius 2 is 1.64 bits per heavy atom. The van der Waals surface area contributed by atoms with Crippen molar-refractivity contribution in [3.8, 4) is 0 Å². The molecular weight excluding hydrogens is 322 g/mol. The van der Waals surface area contributed by atoms with Gasteiger partial charge in [-0.15, -0.1) is 0 Å². The van der Waals surface area contributed by atoms with Crippen molar-refractivity contribution in [2.75, 3.05) is 10.6 Å². The van der Waals surface area contributed by atoms with E-state index in [0.717, 1.165) is 17.3 Å². The van der Waals surface area contributed by atoms with Gasteiger partial charge >= 0.3 is 0 Å². The van der Waals surface area contributed by atoms with Gasteiger partial charge in [0.15, 0.2) is 0 Å². The van der Waals surface area contributed by atoms with E-state index in [1.807, 2.05) is 39.0 Å². The summed E-state index contributed by atoms with van der Waals surface area (Å²) in [6.45, 7) is 5.89. The summed E-state index contributed by atoms with van der Waals surface area (Å²) < 4.78 is 26.8. The molecule has 0 bridgehead atoms. The summed E-state index contributed by atoms with van der Waals surface area (Å²) in [5.74, 6) is -0.510. The van der Waals surface area contributed by atoms with Crippen molar-refractivity contribution < 1.29 is 8.78 Å². The fourth-order valence-corrected chi connectivity index (χ4v) is 2.42. The summed E-state index contributed by atoms with van der Waals surface area (Å²) in [4.78, 5) is 8.62. The second-order valence-electron chi connectivity index (χ2n) is 5.84. The Balaban J connectivity index is 1.89. The monoisotopic (exact) mass is 340 g/mol. The molecule has 3 rings (SSSR count). The van der Waals surface area contributed by atoms with E-state index < -0.39 is 11.6 Å². The normalized spacial score (nSPS) is 10.6. The molecular formula is C19H18F2N4. The standard InChI is InChI=1S/C19H18F2N4/c1-11-5-4-6-16(13(11)3)23-18-9-12(2)22-19(25-18)24-17-8-7-14(20)10-15(17)21/h4-10H,1-3H3,(H2,22,23,24,25). The number of nitrogens with zero attached hydrogens (tertiary/aromatic N) is 2. The first-order valence-electron chi connectivity index (χ1n) is 7.83. The highest BCUT2D eigenvalue weighted by Gasteiger charge is 2.09. The number of nitrogens with one attached hydrogen (secondary N) is 2. The molecule has 2 N–H and O–H groups in total. The van der Waals surface area contributed by atoms with Crippen molar-refractivity contribution in [3.63, 3.8) is 0 Å². The van der Waals surface area contributed by atoms with Crippen molar-refractivity contribution in [2.45, 2.75) is 20.8 Å². The molecule has 0 aliphatic heterocycles. The van der Waals surface area contributed by atoms with Crippen molar-refractivity contribution in [1.82, 2.24) is 9.97 Å². The minimum Gasteiger partial charge on any atom is -0.340 e. The van der Waals surface area contributed by atoms with E-state index in [1.165, 1.54) is 17.7 Å². The summed E-state index contributed by atoms with van der Waals surface area (Å²) in [7, 11) is 0. The zero-order valence-corrected chi connectivity index (χ0v) is 14.2. The summed E-state index contributed by atoms with van der Waals surface area (Å²) in [6, 6.07) is 11.1. The van der Waals surface area contributed by atoms with Gasteiger partial charge in [0.1, 0.15) is 17.5 Å². The van der Waals surface area contributed by atoms with E-state index in [-0.39, 0.29) is 11.6 Å². The van der Waals surface area contributed by atoms with E-state index in [9.17, 15) is 8.78 Å². The van der Waals surface area contributed by atoms with Gasteiger partial charge < -0.3 is 10.6 Å². The predicted octanol–water partition coefficient (Wildman–Crippen LogP) is 5.17. The number of aromatic nitrogens is 2. The average molecular weight is 340 g/mol. The van der Waals surface area contributed by atoms with Gasteiger partial charge in [0.05, 0.1) is 5.69 Å². The molecule has 0 unspecified atom stereocenters. The number of benzene rings is 2. The molecule has 0 saturated carbocycles. The van der Waals surface area contributed by atoms with Crippen LogP contribution in [0.1, 0.15) is 16.8 Å². The van der Waals surface area contributed by atoms with Crippen LogP contribution in [0.2, 0.25) is 0 Å². The van der Waals surface area contributed by atoms with Crippen LogP contribution in [0.25, 0.3) is 0 Å². The van der Waals surface area contributed by atoms with E-state index >= 15 is 0 Å². The van der Waals surface area contributed by atoms with Gasteiger partial charge in [-0.05, 0) is 50.1 Å². The van der Waals surface area contributed by atoms with Crippen LogP contribution in [0, 0.1) is 32.4 Å². The summed E-state index contributed by atoms with van der Waals surface area (Å²) in [5, 5.41) is 6.05. The molecule has 128 valence electrons. The van der Waals surface area contributed by atoms with Gasteiger partial charge in [-0.2, -0.15) is 4.98 Å². The Labute approximate surface area is 145 Å². The highest BCUT2D eigenvalue weighted by molar-refractivity contribution is 5.64. The van der Waals surface area contributed by atoms with Gasteiger partial charge in [-0.1, -0.05) is 12.1 Å². The van der Waals surface area contributed by atoms with E-state index in [2.05, 4.69) is 20.6 Å². The van der Waals surface area contributed by atoms with Crippen LogP contribution >= 0.6 is 0 Å². The van der Waals surface area contributed by atoms with E-state index in [4.69, 9.17) is 0 Å². The third kappa shape index (κ3) is 3.91. The highest BCUT2D eigenvalue weighted by atomic mass is 19.1. The van der Waals surface area contributed by atoms with Gasteiger partial charge in [0.25, 0.3) is 0 Å². The number of rotatable bonds is 4. The lowest BCUT2D eigenvalue weighted by Crippen LogP contribution is -2.04. The van der Waals surface area contributed by atoms with Crippen LogP contribution in [0.4, 0.5) is 31.9 Å². The lowest BCUT2D eigenvalue weighted by Gasteiger charge is -2.13. The van der Waals surface area contributed by atoms with Crippen molar-refractivity contribution in [1.29, 1.82) is 0 Å². The average Bonchev–Trinajstić information content (AvgIpc) is 2.54. The first-order valence-corrected chi connectivity index (χ1v) is 7.83. The highest BCUT2D eigenvalue weighted by Crippen LogP contribution is 2.24. The largest absolute Gasteiger partial charge is 0.340 e. The second-order valence-corrected chi connectivity index (χ2v) is 5.84.